The summed E-state index contributed by atoms with van der Waals surface area (Å²) in [6.07, 6.45) is 3.77. The number of methoxy groups -OCH3 is 1. The molecule has 0 aromatic heterocycles. The predicted molar refractivity (Wildman–Crippen MR) is 120 cm³/mol. The van der Waals surface area contributed by atoms with Gasteiger partial charge in [0.1, 0.15) is 31.1 Å². The zero-order valence-corrected chi connectivity index (χ0v) is 18.4. The number of carbonyl (C=O) groups is 1. The number of rotatable bonds is 10. The molecular formula is C24H32N3O4+. The average Bonchev–Trinajstić information content (AvgIpc) is 2.80. The number of aryl methyl sites for hydroxylation is 1. The van der Waals surface area contributed by atoms with E-state index in [1.165, 1.54) is 10.5 Å². The molecule has 2 N–H and O–H groups in total. The summed E-state index contributed by atoms with van der Waals surface area (Å²) in [5.74, 6) is 1.23. The Morgan fingerprint density at radius 3 is 2.68 bits per heavy atom. The normalized spacial score (nSPS) is 14.5. The van der Waals surface area contributed by atoms with Crippen molar-refractivity contribution in [3.05, 3.63) is 59.2 Å². The standard InChI is InChI=1S/C24H31N3O4/c1-3-4-19-5-8-22(9-6-19)31-18-24(28)26-25-16-20-7-10-23(29-2)21(15-20)17-27-11-13-30-14-12-27/h5-10,15-16H,3-4,11-14,17-18H2,1-2H3,(H,26,28)/p+1/b25-16-. The lowest BCUT2D eigenvalue weighted by atomic mass is 10.1. The van der Waals surface area contributed by atoms with E-state index >= 15 is 0 Å². The Labute approximate surface area is 184 Å². The van der Waals surface area contributed by atoms with Crippen molar-refractivity contribution in [2.45, 2.75) is 26.3 Å². The molecule has 0 atom stereocenters. The van der Waals surface area contributed by atoms with Crippen LogP contribution in [0.3, 0.4) is 0 Å². The fourth-order valence-electron chi connectivity index (χ4n) is 3.52. The van der Waals surface area contributed by atoms with Crippen LogP contribution in [-0.4, -0.2) is 52.1 Å². The monoisotopic (exact) mass is 426 g/mol. The Kier molecular flexibility index (Phi) is 8.87. The second-order valence-electron chi connectivity index (χ2n) is 7.59. The minimum atomic E-state index is -0.305. The van der Waals surface area contributed by atoms with E-state index in [9.17, 15) is 4.79 Å². The van der Waals surface area contributed by atoms with E-state index in [4.69, 9.17) is 14.2 Å². The predicted octanol–water partition coefficient (Wildman–Crippen LogP) is 1.59. The fourth-order valence-corrected chi connectivity index (χ4v) is 3.52. The summed E-state index contributed by atoms with van der Waals surface area (Å²) in [6.45, 7) is 6.47. The molecule has 1 fully saturated rings. The average molecular weight is 427 g/mol. The zero-order chi connectivity index (χ0) is 21.9. The number of hydrogen-bond acceptors (Lipinski definition) is 5. The molecule has 0 radical (unpaired) electrons. The van der Waals surface area contributed by atoms with Gasteiger partial charge in [0.05, 0.1) is 26.5 Å². The molecular weight excluding hydrogens is 394 g/mol. The van der Waals surface area contributed by atoms with Crippen molar-refractivity contribution in [2.24, 2.45) is 5.10 Å². The first-order chi connectivity index (χ1) is 15.2. The third-order valence-corrected chi connectivity index (χ3v) is 5.18. The van der Waals surface area contributed by atoms with Crippen LogP contribution >= 0.6 is 0 Å². The van der Waals surface area contributed by atoms with E-state index in [-0.39, 0.29) is 12.5 Å². The molecule has 2 aromatic rings. The van der Waals surface area contributed by atoms with Crippen molar-refractivity contribution < 1.29 is 23.9 Å². The number of nitrogens with zero attached hydrogens (tertiary/aromatic N) is 1. The summed E-state index contributed by atoms with van der Waals surface area (Å²) in [7, 11) is 1.68. The summed E-state index contributed by atoms with van der Waals surface area (Å²) in [6, 6.07) is 13.7. The molecule has 166 valence electrons. The van der Waals surface area contributed by atoms with Crippen molar-refractivity contribution in [3.8, 4) is 11.5 Å². The van der Waals surface area contributed by atoms with E-state index in [0.717, 1.165) is 62.6 Å². The first-order valence-corrected chi connectivity index (χ1v) is 10.8. The molecule has 1 aliphatic heterocycles. The van der Waals surface area contributed by atoms with E-state index in [1.807, 2.05) is 42.5 Å². The Bertz CT molecular complexity index is 862. The van der Waals surface area contributed by atoms with Gasteiger partial charge in [0, 0.05) is 5.56 Å². The molecule has 0 saturated carbocycles. The Morgan fingerprint density at radius 2 is 1.97 bits per heavy atom. The summed E-state index contributed by atoms with van der Waals surface area (Å²) in [5.41, 5.74) is 5.79. The number of benzene rings is 2. The minimum Gasteiger partial charge on any atom is -0.496 e. The Balaban J connectivity index is 1.49. The van der Waals surface area contributed by atoms with Crippen molar-refractivity contribution >= 4 is 12.1 Å². The number of hydrogen-bond donors (Lipinski definition) is 2. The number of carbonyl (C=O) groups excluding carboxylic acids is 1. The molecule has 0 spiro atoms. The molecule has 1 amide bonds. The summed E-state index contributed by atoms with van der Waals surface area (Å²) in [5, 5.41) is 4.06. The van der Waals surface area contributed by atoms with Gasteiger partial charge in [-0.05, 0) is 47.9 Å². The lowest BCUT2D eigenvalue weighted by molar-refractivity contribution is -0.921. The van der Waals surface area contributed by atoms with Crippen molar-refractivity contribution in [2.75, 3.05) is 40.0 Å². The largest absolute Gasteiger partial charge is 0.496 e. The lowest BCUT2D eigenvalue weighted by Crippen LogP contribution is -3.12. The van der Waals surface area contributed by atoms with E-state index in [2.05, 4.69) is 17.5 Å². The number of quaternary nitrogens is 1. The quantitative estimate of drug-likeness (QED) is 0.447. The Hall–Kier alpha value is -2.90. The van der Waals surface area contributed by atoms with Gasteiger partial charge in [0.15, 0.2) is 6.61 Å². The van der Waals surface area contributed by atoms with Gasteiger partial charge in [0.25, 0.3) is 5.91 Å². The summed E-state index contributed by atoms with van der Waals surface area (Å²) in [4.78, 5) is 13.5. The molecule has 0 unspecified atom stereocenters. The highest BCUT2D eigenvalue weighted by Crippen LogP contribution is 2.18. The lowest BCUT2D eigenvalue weighted by Gasteiger charge is -2.24. The maximum Gasteiger partial charge on any atom is 0.277 e. The van der Waals surface area contributed by atoms with Crippen molar-refractivity contribution in [1.82, 2.24) is 5.43 Å². The first-order valence-electron chi connectivity index (χ1n) is 10.8. The van der Waals surface area contributed by atoms with Crippen molar-refractivity contribution in [3.63, 3.8) is 0 Å². The molecule has 1 heterocycles. The highest BCUT2D eigenvalue weighted by Gasteiger charge is 2.16. The third kappa shape index (κ3) is 7.38. The molecule has 1 saturated heterocycles. The molecule has 0 aliphatic carbocycles. The van der Waals surface area contributed by atoms with Gasteiger partial charge in [-0.2, -0.15) is 5.10 Å². The fraction of sp³-hybridized carbons (Fsp3) is 0.417. The van der Waals surface area contributed by atoms with Gasteiger partial charge < -0.3 is 19.1 Å². The van der Waals surface area contributed by atoms with Crippen LogP contribution in [0.2, 0.25) is 0 Å². The highest BCUT2D eigenvalue weighted by molar-refractivity contribution is 5.83. The maximum atomic E-state index is 12.0. The van der Waals surface area contributed by atoms with Crippen LogP contribution in [0.1, 0.15) is 30.0 Å². The maximum absolute atomic E-state index is 12.0. The molecule has 7 nitrogen and oxygen atoms in total. The number of ether oxygens (including phenoxy) is 3. The van der Waals surface area contributed by atoms with Gasteiger partial charge in [0.2, 0.25) is 0 Å². The zero-order valence-electron chi connectivity index (χ0n) is 18.4. The van der Waals surface area contributed by atoms with Gasteiger partial charge >= 0.3 is 0 Å². The second-order valence-corrected chi connectivity index (χ2v) is 7.59. The number of nitrogens with one attached hydrogen (secondary N) is 2. The summed E-state index contributed by atoms with van der Waals surface area (Å²) >= 11 is 0. The number of morpholine rings is 1. The van der Waals surface area contributed by atoms with Gasteiger partial charge in [-0.15, -0.1) is 0 Å². The van der Waals surface area contributed by atoms with Crippen LogP contribution in [0.15, 0.2) is 47.6 Å². The van der Waals surface area contributed by atoms with E-state index in [1.54, 1.807) is 13.3 Å². The van der Waals surface area contributed by atoms with Crippen LogP contribution in [0, 0.1) is 0 Å². The molecule has 7 heteroatoms. The smallest absolute Gasteiger partial charge is 0.277 e. The van der Waals surface area contributed by atoms with E-state index < -0.39 is 0 Å². The second kappa shape index (κ2) is 12.1. The molecule has 1 aliphatic rings. The van der Waals surface area contributed by atoms with Gasteiger partial charge in [-0.25, -0.2) is 5.43 Å². The first kappa shape index (κ1) is 22.8. The minimum absolute atomic E-state index is 0.0846. The van der Waals surface area contributed by atoms with E-state index in [0.29, 0.717) is 5.75 Å². The van der Waals surface area contributed by atoms with Crippen LogP contribution in [0.25, 0.3) is 0 Å². The van der Waals surface area contributed by atoms with Crippen LogP contribution in [0.4, 0.5) is 0 Å². The van der Waals surface area contributed by atoms with Crippen LogP contribution in [0.5, 0.6) is 11.5 Å². The molecule has 0 bridgehead atoms. The summed E-state index contributed by atoms with van der Waals surface area (Å²) < 4.78 is 16.5. The number of hydrazone groups is 1. The van der Waals surface area contributed by atoms with Crippen LogP contribution in [-0.2, 0) is 22.5 Å². The van der Waals surface area contributed by atoms with Crippen LogP contribution < -0.4 is 19.8 Å². The highest BCUT2D eigenvalue weighted by atomic mass is 16.5. The van der Waals surface area contributed by atoms with Gasteiger partial charge in [-0.3, -0.25) is 4.79 Å². The van der Waals surface area contributed by atoms with Crippen molar-refractivity contribution in [1.29, 1.82) is 0 Å². The third-order valence-electron chi connectivity index (χ3n) is 5.18. The molecule has 3 rings (SSSR count). The van der Waals surface area contributed by atoms with Gasteiger partial charge in [-0.1, -0.05) is 25.5 Å². The topological polar surface area (TPSA) is 73.6 Å². The number of amides is 1. The Morgan fingerprint density at radius 1 is 1.19 bits per heavy atom. The molecule has 31 heavy (non-hydrogen) atoms. The molecule has 2 aromatic carbocycles. The SMILES string of the molecule is CCCc1ccc(OCC(=O)N/N=C\c2ccc(OC)c(C[NH+]3CCOCC3)c2)cc1.